The highest BCUT2D eigenvalue weighted by Gasteiger charge is 2.68. The molecule has 0 aromatic carbocycles. The Hall–Kier alpha value is -1.58. The zero-order chi connectivity index (χ0) is 17.5. The van der Waals surface area contributed by atoms with Crippen molar-refractivity contribution in [3.63, 3.8) is 0 Å². The van der Waals surface area contributed by atoms with Crippen molar-refractivity contribution >= 4 is 29.6 Å². The molecule has 2 aliphatic heterocycles. The molecule has 0 saturated carbocycles. The first-order valence-electron chi connectivity index (χ1n) is 7.16. The van der Waals surface area contributed by atoms with Crippen LogP contribution in [-0.2, 0) is 14.4 Å². The molecule has 1 fully saturated rings. The Morgan fingerprint density at radius 1 is 1.39 bits per heavy atom. The van der Waals surface area contributed by atoms with Gasteiger partial charge < -0.3 is 20.2 Å². The molecule has 0 bridgehead atoms. The van der Waals surface area contributed by atoms with Crippen LogP contribution < -0.4 is 0 Å². The molecule has 0 aromatic rings. The highest BCUT2D eigenvalue weighted by atomic mass is 32.2. The van der Waals surface area contributed by atoms with Crippen molar-refractivity contribution in [2.75, 3.05) is 20.6 Å². The molecule has 2 heterocycles. The van der Waals surface area contributed by atoms with E-state index in [-0.39, 0.29) is 18.5 Å². The molecule has 0 aliphatic carbocycles. The van der Waals surface area contributed by atoms with Crippen LogP contribution in [0.3, 0.4) is 0 Å². The van der Waals surface area contributed by atoms with Crippen molar-refractivity contribution in [2.24, 2.45) is 5.92 Å². The lowest BCUT2D eigenvalue weighted by molar-refractivity contribution is -0.167. The van der Waals surface area contributed by atoms with Gasteiger partial charge in [0, 0.05) is 17.9 Å². The van der Waals surface area contributed by atoms with Crippen LogP contribution in [0.1, 0.15) is 19.8 Å². The van der Waals surface area contributed by atoms with Gasteiger partial charge >= 0.3 is 11.9 Å². The molecule has 0 spiro atoms. The van der Waals surface area contributed by atoms with E-state index in [1.54, 1.807) is 14.1 Å². The van der Waals surface area contributed by atoms with Gasteiger partial charge in [-0.05, 0) is 27.4 Å². The quantitative estimate of drug-likeness (QED) is 0.552. The van der Waals surface area contributed by atoms with E-state index in [1.807, 2.05) is 4.90 Å². The molecule has 1 amide bonds. The molecule has 23 heavy (non-hydrogen) atoms. The van der Waals surface area contributed by atoms with Crippen LogP contribution in [0.4, 0.5) is 0 Å². The summed E-state index contributed by atoms with van der Waals surface area (Å²) in [6, 6.07) is 0. The molecule has 8 nitrogen and oxygen atoms in total. The lowest BCUT2D eigenvalue weighted by atomic mass is 9.81. The maximum Gasteiger partial charge on any atom is 0.353 e. The molecular formula is C14H20N2O6S. The first-order chi connectivity index (χ1) is 10.6. The van der Waals surface area contributed by atoms with Crippen molar-refractivity contribution < 1.29 is 29.7 Å². The SMILES string of the molecule is C[C@@H](O)[C@H]1C(=O)N2C(C(=O)O)=C(CCC(=O)O)S[C@@]12CN(C)C. The summed E-state index contributed by atoms with van der Waals surface area (Å²) in [6.45, 7) is 1.87. The van der Waals surface area contributed by atoms with Crippen LogP contribution >= 0.6 is 11.8 Å². The molecular weight excluding hydrogens is 324 g/mol. The Kier molecular flexibility index (Phi) is 4.74. The Morgan fingerprint density at radius 2 is 2.00 bits per heavy atom. The van der Waals surface area contributed by atoms with E-state index in [9.17, 15) is 24.6 Å². The third-order valence-electron chi connectivity index (χ3n) is 3.93. The van der Waals surface area contributed by atoms with E-state index < -0.39 is 34.7 Å². The molecule has 0 unspecified atom stereocenters. The highest BCUT2D eigenvalue weighted by molar-refractivity contribution is 8.04. The number of β-lactam (4-membered cyclic amide) rings is 1. The summed E-state index contributed by atoms with van der Waals surface area (Å²) < 4.78 is 0. The number of nitrogens with zero attached hydrogens (tertiary/aromatic N) is 2. The molecule has 0 radical (unpaired) electrons. The van der Waals surface area contributed by atoms with Gasteiger partial charge in [-0.3, -0.25) is 14.5 Å². The molecule has 128 valence electrons. The topological polar surface area (TPSA) is 118 Å². The summed E-state index contributed by atoms with van der Waals surface area (Å²) >= 11 is 1.19. The number of hydrogen-bond acceptors (Lipinski definition) is 6. The monoisotopic (exact) mass is 344 g/mol. The predicted molar refractivity (Wildman–Crippen MR) is 82.4 cm³/mol. The molecule has 1 saturated heterocycles. The Bertz CT molecular complexity index is 588. The maximum atomic E-state index is 12.4. The van der Waals surface area contributed by atoms with E-state index in [2.05, 4.69) is 0 Å². The first kappa shape index (κ1) is 17.8. The van der Waals surface area contributed by atoms with Crippen LogP contribution in [0.5, 0.6) is 0 Å². The second-order valence-electron chi connectivity index (χ2n) is 6.05. The second kappa shape index (κ2) is 6.14. The van der Waals surface area contributed by atoms with Gasteiger partial charge in [0.05, 0.1) is 12.0 Å². The zero-order valence-electron chi connectivity index (χ0n) is 13.1. The van der Waals surface area contributed by atoms with Crippen molar-refractivity contribution in [3.8, 4) is 0 Å². The minimum absolute atomic E-state index is 0.0487. The van der Waals surface area contributed by atoms with Crippen molar-refractivity contribution in [1.29, 1.82) is 0 Å². The number of amides is 1. The van der Waals surface area contributed by atoms with Crippen LogP contribution in [0.2, 0.25) is 0 Å². The zero-order valence-corrected chi connectivity index (χ0v) is 14.0. The minimum atomic E-state index is -1.25. The number of carbonyl (C=O) groups excluding carboxylic acids is 1. The summed E-state index contributed by atoms with van der Waals surface area (Å²) in [5, 5.41) is 28.3. The van der Waals surface area contributed by atoms with Gasteiger partial charge in [-0.25, -0.2) is 4.79 Å². The number of rotatable bonds is 7. The first-order valence-corrected chi connectivity index (χ1v) is 7.97. The standard InChI is InChI=1S/C14H20N2O6S/c1-7(17)10-12(20)16-11(13(21)22)8(4-5-9(18)19)23-14(10,16)6-15(2)3/h7,10,17H,4-6H2,1-3H3,(H,18,19)(H,21,22)/t7-,10+,14+/m1/s1. The van der Waals surface area contributed by atoms with Gasteiger partial charge in [0.2, 0.25) is 5.91 Å². The summed E-state index contributed by atoms with van der Waals surface area (Å²) in [4.78, 5) is 37.3. The van der Waals surface area contributed by atoms with E-state index in [0.717, 1.165) is 0 Å². The average molecular weight is 344 g/mol. The average Bonchev–Trinajstić information content (AvgIpc) is 2.65. The number of likely N-dealkylation sites (N-methyl/N-ethyl adjacent to an activating group) is 1. The second-order valence-corrected chi connectivity index (χ2v) is 7.45. The predicted octanol–water partition coefficient (Wildman–Crippen LogP) is -0.00870. The lowest BCUT2D eigenvalue weighted by Gasteiger charge is -2.55. The van der Waals surface area contributed by atoms with Crippen molar-refractivity contribution in [1.82, 2.24) is 9.80 Å². The number of thioether (sulfide) groups is 1. The summed E-state index contributed by atoms with van der Waals surface area (Å²) in [6.07, 6.45) is -1.08. The van der Waals surface area contributed by atoms with Crippen LogP contribution in [0, 0.1) is 5.92 Å². The van der Waals surface area contributed by atoms with Gasteiger partial charge in [0.15, 0.2) is 0 Å². The number of fused-ring (bicyclic) bond motifs is 1. The molecule has 3 N–H and O–H groups in total. The normalized spacial score (nSPS) is 28.0. The number of hydrogen-bond donors (Lipinski definition) is 3. The number of aliphatic carboxylic acids is 2. The number of carboxylic acid groups (broad SMARTS) is 2. The van der Waals surface area contributed by atoms with Gasteiger partial charge in [-0.15, -0.1) is 0 Å². The van der Waals surface area contributed by atoms with Gasteiger partial charge in [-0.2, -0.15) is 0 Å². The van der Waals surface area contributed by atoms with E-state index in [1.165, 1.54) is 23.6 Å². The number of carbonyl (C=O) groups is 3. The number of aliphatic hydroxyl groups excluding tert-OH is 1. The van der Waals surface area contributed by atoms with Crippen LogP contribution in [-0.4, -0.2) is 74.6 Å². The molecule has 2 aliphatic rings. The van der Waals surface area contributed by atoms with Crippen molar-refractivity contribution in [3.05, 3.63) is 10.6 Å². The fraction of sp³-hybridized carbons (Fsp3) is 0.643. The van der Waals surface area contributed by atoms with Crippen LogP contribution in [0.15, 0.2) is 10.6 Å². The largest absolute Gasteiger partial charge is 0.481 e. The fourth-order valence-corrected chi connectivity index (χ4v) is 5.16. The van der Waals surface area contributed by atoms with Gasteiger partial charge in [0.1, 0.15) is 10.6 Å². The fourth-order valence-electron chi connectivity index (χ4n) is 3.23. The Labute approximate surface area is 137 Å². The Balaban J connectivity index is 2.41. The summed E-state index contributed by atoms with van der Waals surface area (Å²) in [5.74, 6) is -3.43. The molecule has 3 atom stereocenters. The molecule has 9 heteroatoms. The highest BCUT2D eigenvalue weighted by Crippen LogP contribution is 2.59. The lowest BCUT2D eigenvalue weighted by Crippen LogP contribution is -2.72. The maximum absolute atomic E-state index is 12.4. The molecule has 2 rings (SSSR count). The number of aliphatic hydroxyl groups is 1. The third kappa shape index (κ3) is 2.84. The third-order valence-corrected chi connectivity index (χ3v) is 5.50. The Morgan fingerprint density at radius 3 is 2.43 bits per heavy atom. The smallest absolute Gasteiger partial charge is 0.353 e. The summed E-state index contributed by atoms with van der Waals surface area (Å²) in [7, 11) is 3.59. The van der Waals surface area contributed by atoms with Crippen molar-refractivity contribution in [2.45, 2.75) is 30.7 Å². The van der Waals surface area contributed by atoms with E-state index in [4.69, 9.17) is 5.11 Å². The molecule has 0 aromatic heterocycles. The van der Waals surface area contributed by atoms with E-state index in [0.29, 0.717) is 11.4 Å². The van der Waals surface area contributed by atoms with Gasteiger partial charge in [0.25, 0.3) is 0 Å². The van der Waals surface area contributed by atoms with Crippen LogP contribution in [0.25, 0.3) is 0 Å². The minimum Gasteiger partial charge on any atom is -0.481 e. The van der Waals surface area contributed by atoms with E-state index >= 15 is 0 Å². The number of allylic oxidation sites excluding steroid dienone is 1. The number of carboxylic acids is 2. The summed E-state index contributed by atoms with van der Waals surface area (Å²) in [5.41, 5.74) is -0.153. The van der Waals surface area contributed by atoms with Gasteiger partial charge in [-0.1, -0.05) is 11.8 Å².